The minimum absolute atomic E-state index is 0.303. The van der Waals surface area contributed by atoms with Crippen LogP contribution in [-0.2, 0) is 9.53 Å². The molecule has 1 amide bonds. The number of methoxy groups -OCH3 is 1. The Morgan fingerprint density at radius 2 is 1.52 bits per heavy atom. The van der Waals surface area contributed by atoms with Crippen LogP contribution in [0.1, 0.15) is 10.4 Å². The van der Waals surface area contributed by atoms with Gasteiger partial charge in [0.15, 0.2) is 0 Å². The zero-order valence-corrected chi connectivity index (χ0v) is 12.1. The number of anilines is 1. The number of ketones is 1. The molecule has 108 valence electrons. The summed E-state index contributed by atoms with van der Waals surface area (Å²) in [5, 5.41) is 0.467. The first-order valence-corrected chi connectivity index (χ1v) is 6.66. The number of para-hydroxylation sites is 1. The number of hydrogen-bond acceptors (Lipinski definition) is 3. The average Bonchev–Trinajstić information content (AvgIpc) is 2.55. The molecule has 0 aliphatic carbocycles. The molecule has 0 saturated carbocycles. The topological polar surface area (TPSA) is 55.4 Å². The molecule has 0 spiro atoms. The van der Waals surface area contributed by atoms with Gasteiger partial charge in [0, 0.05) is 18.4 Å². The van der Waals surface area contributed by atoms with Gasteiger partial charge in [-0.1, -0.05) is 60.1 Å². The monoisotopic (exact) mass is 303 g/mol. The number of rotatable bonds is 5. The van der Waals surface area contributed by atoms with Gasteiger partial charge in [-0.15, -0.1) is 0 Å². The lowest BCUT2D eigenvalue weighted by Crippen LogP contribution is -2.46. The van der Waals surface area contributed by atoms with E-state index in [-0.39, 0.29) is 0 Å². The summed E-state index contributed by atoms with van der Waals surface area (Å²) in [7, 11) is 1.22. The predicted molar refractivity (Wildman–Crippen MR) is 81.4 cm³/mol. The highest BCUT2D eigenvalue weighted by Crippen LogP contribution is 2.24. The molecule has 0 aromatic heterocycles. The number of Topliss-reactive ketones (excluding diaryl/α,β-unsaturated/α-hetero) is 1. The minimum Gasteiger partial charge on any atom is -0.348 e. The van der Waals surface area contributed by atoms with Crippen molar-refractivity contribution in [1.29, 1.82) is 0 Å². The van der Waals surface area contributed by atoms with Crippen LogP contribution in [0.5, 0.6) is 0 Å². The maximum absolute atomic E-state index is 12.4. The van der Waals surface area contributed by atoms with E-state index in [4.69, 9.17) is 16.3 Å². The number of hydrogen-bond donors (Lipinski definition) is 1. The average molecular weight is 304 g/mol. The van der Waals surface area contributed by atoms with Crippen LogP contribution in [0.4, 0.5) is 5.69 Å². The molecule has 0 saturated heterocycles. The second-order valence-corrected chi connectivity index (χ2v) is 4.85. The Morgan fingerprint density at radius 3 is 2.05 bits per heavy atom. The van der Waals surface area contributed by atoms with Gasteiger partial charge in [0.2, 0.25) is 5.78 Å². The summed E-state index contributed by atoms with van der Waals surface area (Å²) in [6.45, 7) is 0. The minimum atomic E-state index is -2.10. The first-order chi connectivity index (χ1) is 10.1. The number of carbonyl (C=O) groups is 2. The summed E-state index contributed by atoms with van der Waals surface area (Å²) in [5.74, 6) is -1.34. The molecule has 0 heterocycles. The third-order valence-corrected chi connectivity index (χ3v) is 3.43. The quantitative estimate of drug-likeness (QED) is 0.524. The fraction of sp³-hybridized carbons (Fsp3) is 0.125. The van der Waals surface area contributed by atoms with Gasteiger partial charge in [-0.25, -0.2) is 0 Å². The van der Waals surface area contributed by atoms with E-state index in [9.17, 15) is 9.59 Å². The molecule has 5 heteroatoms. The second-order valence-electron chi connectivity index (χ2n) is 4.31. The second kappa shape index (κ2) is 6.52. The molecule has 0 fully saturated rings. The smallest absolute Gasteiger partial charge is 0.285 e. The van der Waals surface area contributed by atoms with Gasteiger partial charge in [-0.2, -0.15) is 0 Å². The maximum atomic E-state index is 12.4. The molecule has 0 radical (unpaired) electrons. The lowest BCUT2D eigenvalue weighted by Gasteiger charge is -2.23. The van der Waals surface area contributed by atoms with Crippen LogP contribution in [-0.4, -0.2) is 23.9 Å². The number of benzene rings is 2. The van der Waals surface area contributed by atoms with Crippen molar-refractivity contribution in [2.45, 2.75) is 5.06 Å². The summed E-state index contributed by atoms with van der Waals surface area (Å²) < 4.78 is 4.99. The number of ether oxygens (including phenoxy) is 1. The third kappa shape index (κ3) is 3.29. The van der Waals surface area contributed by atoms with Crippen molar-refractivity contribution < 1.29 is 14.3 Å². The molecule has 1 unspecified atom stereocenters. The highest BCUT2D eigenvalue weighted by Gasteiger charge is 2.45. The Hall–Kier alpha value is -2.17. The van der Waals surface area contributed by atoms with E-state index in [1.807, 2.05) is 6.07 Å². The molecule has 0 aliphatic rings. The fourth-order valence-corrected chi connectivity index (χ4v) is 1.95. The number of carbonyl (C=O) groups excluding carboxylic acids is 2. The van der Waals surface area contributed by atoms with Crippen LogP contribution < -0.4 is 5.32 Å². The van der Waals surface area contributed by atoms with Crippen LogP contribution in [0.2, 0.25) is 0 Å². The third-order valence-electron chi connectivity index (χ3n) is 2.93. The van der Waals surface area contributed by atoms with Crippen molar-refractivity contribution in [3.8, 4) is 0 Å². The normalized spacial score (nSPS) is 13.2. The van der Waals surface area contributed by atoms with E-state index in [2.05, 4.69) is 5.32 Å². The SMILES string of the molecule is COC(Cl)(C(=O)Nc1ccccc1)C(=O)c1ccccc1. The van der Waals surface area contributed by atoms with Gasteiger partial charge in [0.25, 0.3) is 11.0 Å². The highest BCUT2D eigenvalue weighted by atomic mass is 35.5. The van der Waals surface area contributed by atoms with Crippen LogP contribution in [0.15, 0.2) is 60.7 Å². The summed E-state index contributed by atoms with van der Waals surface area (Å²) in [6, 6.07) is 17.0. The molecule has 21 heavy (non-hydrogen) atoms. The van der Waals surface area contributed by atoms with E-state index in [0.29, 0.717) is 11.3 Å². The number of amides is 1. The standard InChI is InChI=1S/C16H14ClNO3/c1-21-16(17,14(19)12-8-4-2-5-9-12)15(20)18-13-10-6-3-7-11-13/h2-11H,1H3,(H,18,20). The number of nitrogens with one attached hydrogen (secondary N) is 1. The van der Waals surface area contributed by atoms with Gasteiger partial charge < -0.3 is 10.1 Å². The van der Waals surface area contributed by atoms with Crippen LogP contribution in [0, 0.1) is 0 Å². The lowest BCUT2D eigenvalue weighted by molar-refractivity contribution is -0.126. The maximum Gasteiger partial charge on any atom is 0.285 e. The molecule has 1 N–H and O–H groups in total. The van der Waals surface area contributed by atoms with Crippen molar-refractivity contribution in [2.75, 3.05) is 12.4 Å². The van der Waals surface area contributed by atoms with Crippen molar-refractivity contribution in [1.82, 2.24) is 0 Å². The Kier molecular flexibility index (Phi) is 4.73. The van der Waals surface area contributed by atoms with E-state index in [0.717, 1.165) is 0 Å². The molecule has 2 aromatic rings. The molecule has 4 nitrogen and oxygen atoms in total. The van der Waals surface area contributed by atoms with E-state index in [1.54, 1.807) is 54.6 Å². The summed E-state index contributed by atoms with van der Waals surface area (Å²) >= 11 is 6.13. The van der Waals surface area contributed by atoms with Crippen molar-refractivity contribution >= 4 is 29.0 Å². The first kappa shape index (κ1) is 15.2. The molecule has 0 aliphatic heterocycles. The van der Waals surface area contributed by atoms with Gasteiger partial charge in [0.05, 0.1) is 0 Å². The summed E-state index contributed by atoms with van der Waals surface area (Å²) in [4.78, 5) is 24.7. The Bertz CT molecular complexity index is 630. The van der Waals surface area contributed by atoms with Crippen molar-refractivity contribution in [3.05, 3.63) is 66.2 Å². The lowest BCUT2D eigenvalue weighted by atomic mass is 10.0. The Balaban J connectivity index is 2.24. The van der Waals surface area contributed by atoms with Gasteiger partial charge in [-0.05, 0) is 12.1 Å². The zero-order chi connectivity index (χ0) is 15.3. The summed E-state index contributed by atoms with van der Waals surface area (Å²) in [6.07, 6.45) is 0. The molecular weight excluding hydrogens is 290 g/mol. The molecule has 1 atom stereocenters. The Labute approximate surface area is 127 Å². The van der Waals surface area contributed by atoms with Gasteiger partial charge in [-0.3, -0.25) is 9.59 Å². The van der Waals surface area contributed by atoms with Crippen LogP contribution >= 0.6 is 11.6 Å². The van der Waals surface area contributed by atoms with Gasteiger partial charge >= 0.3 is 0 Å². The summed E-state index contributed by atoms with van der Waals surface area (Å²) in [5.41, 5.74) is 0.836. The van der Waals surface area contributed by atoms with Crippen LogP contribution in [0.3, 0.4) is 0 Å². The van der Waals surface area contributed by atoms with E-state index >= 15 is 0 Å². The number of alkyl halides is 1. The molecule has 2 aromatic carbocycles. The molecular formula is C16H14ClNO3. The predicted octanol–water partition coefficient (Wildman–Crippen LogP) is 3.09. The molecule has 2 rings (SSSR count). The van der Waals surface area contributed by atoms with Crippen molar-refractivity contribution in [2.24, 2.45) is 0 Å². The number of halogens is 1. The zero-order valence-electron chi connectivity index (χ0n) is 11.4. The first-order valence-electron chi connectivity index (χ1n) is 6.28. The molecule has 0 bridgehead atoms. The van der Waals surface area contributed by atoms with E-state index in [1.165, 1.54) is 7.11 Å². The fourth-order valence-electron chi connectivity index (χ4n) is 1.80. The van der Waals surface area contributed by atoms with Crippen LogP contribution in [0.25, 0.3) is 0 Å². The van der Waals surface area contributed by atoms with E-state index < -0.39 is 16.8 Å². The van der Waals surface area contributed by atoms with Gasteiger partial charge in [0.1, 0.15) is 0 Å². The van der Waals surface area contributed by atoms with Crippen molar-refractivity contribution in [3.63, 3.8) is 0 Å². The highest BCUT2D eigenvalue weighted by molar-refractivity contribution is 6.48. The Morgan fingerprint density at radius 1 is 1.00 bits per heavy atom. The largest absolute Gasteiger partial charge is 0.348 e.